The molecule has 0 N–H and O–H groups in total. The topological polar surface area (TPSA) is 77.5 Å². The van der Waals surface area contributed by atoms with Crippen LogP contribution in [-0.2, 0) is 19.4 Å². The number of ketones is 1. The molecule has 0 heterocycles. The molecule has 0 aliphatic heterocycles. The van der Waals surface area contributed by atoms with E-state index in [1.165, 1.54) is 36.4 Å². The number of rotatable bonds is 7. The van der Waals surface area contributed by atoms with Crippen molar-refractivity contribution < 1.29 is 22.7 Å². The first-order valence-corrected chi connectivity index (χ1v) is 9.02. The van der Waals surface area contributed by atoms with E-state index in [0.29, 0.717) is 12.0 Å². The van der Waals surface area contributed by atoms with Crippen LogP contribution >= 0.6 is 0 Å². The summed E-state index contributed by atoms with van der Waals surface area (Å²) in [4.78, 5) is 23.5. The number of hydrogen-bond donors (Lipinski definition) is 0. The lowest BCUT2D eigenvalue weighted by Crippen LogP contribution is -2.14. The maximum atomic E-state index is 12.4. The van der Waals surface area contributed by atoms with Gasteiger partial charge in [0.2, 0.25) is 9.84 Å². The highest BCUT2D eigenvalue weighted by Crippen LogP contribution is 2.20. The number of hydrogen-bond acceptors (Lipinski definition) is 5. The third kappa shape index (κ3) is 4.29. The monoisotopic (exact) mass is 346 g/mol. The van der Waals surface area contributed by atoms with Gasteiger partial charge in [0.1, 0.15) is 0 Å². The maximum absolute atomic E-state index is 12.4. The van der Waals surface area contributed by atoms with Crippen LogP contribution < -0.4 is 0 Å². The van der Waals surface area contributed by atoms with Crippen molar-refractivity contribution in [2.45, 2.75) is 29.6 Å². The second kappa shape index (κ2) is 7.88. The van der Waals surface area contributed by atoms with Gasteiger partial charge >= 0.3 is 5.97 Å². The average molecular weight is 346 g/mol. The van der Waals surface area contributed by atoms with E-state index in [-0.39, 0.29) is 28.6 Å². The molecule has 2 rings (SSSR count). The van der Waals surface area contributed by atoms with Gasteiger partial charge in [-0.1, -0.05) is 25.1 Å². The Labute approximate surface area is 141 Å². The molecule has 0 aliphatic carbocycles. The van der Waals surface area contributed by atoms with E-state index in [2.05, 4.69) is 0 Å². The minimum Gasteiger partial charge on any atom is -0.457 e. The van der Waals surface area contributed by atoms with Crippen LogP contribution in [0, 0.1) is 0 Å². The van der Waals surface area contributed by atoms with E-state index in [0.717, 1.165) is 0 Å². The van der Waals surface area contributed by atoms with Gasteiger partial charge in [0, 0.05) is 12.0 Å². The minimum absolute atomic E-state index is 0.105. The fourth-order valence-corrected chi connectivity index (χ4v) is 3.34. The first-order valence-electron chi connectivity index (χ1n) is 7.54. The molecule has 0 fully saturated rings. The SMILES string of the molecule is CCCC(=O)OCC(=O)c1ccc(S(=O)(=O)c2ccccc2)cc1. The molecule has 0 atom stereocenters. The van der Waals surface area contributed by atoms with Crippen molar-refractivity contribution >= 4 is 21.6 Å². The molecule has 0 unspecified atom stereocenters. The standard InChI is InChI=1S/C18H18O5S/c1-2-6-18(20)23-13-17(19)14-9-11-16(12-10-14)24(21,22)15-7-4-3-5-8-15/h3-5,7-12H,2,6,13H2,1H3. The van der Waals surface area contributed by atoms with Crippen molar-refractivity contribution in [2.24, 2.45) is 0 Å². The van der Waals surface area contributed by atoms with Crippen LogP contribution in [0.3, 0.4) is 0 Å². The summed E-state index contributed by atoms with van der Waals surface area (Å²) in [6, 6.07) is 13.7. The first-order chi connectivity index (χ1) is 11.4. The summed E-state index contributed by atoms with van der Waals surface area (Å²) in [5, 5.41) is 0. The number of ether oxygens (including phenoxy) is 1. The van der Waals surface area contributed by atoms with Crippen molar-refractivity contribution in [3.63, 3.8) is 0 Å². The molecule has 0 radical (unpaired) electrons. The summed E-state index contributed by atoms with van der Waals surface area (Å²) in [5.74, 6) is -0.794. The molecule has 6 heteroatoms. The zero-order chi connectivity index (χ0) is 17.6. The molecule has 24 heavy (non-hydrogen) atoms. The van der Waals surface area contributed by atoms with Gasteiger partial charge < -0.3 is 4.74 Å². The third-order valence-electron chi connectivity index (χ3n) is 3.36. The van der Waals surface area contributed by atoms with E-state index in [9.17, 15) is 18.0 Å². The molecule has 0 aliphatic rings. The Hall–Kier alpha value is -2.47. The van der Waals surface area contributed by atoms with Gasteiger partial charge in [-0.25, -0.2) is 8.42 Å². The van der Waals surface area contributed by atoms with Crippen molar-refractivity contribution in [1.29, 1.82) is 0 Å². The smallest absolute Gasteiger partial charge is 0.306 e. The van der Waals surface area contributed by atoms with Crippen LogP contribution in [0.1, 0.15) is 30.1 Å². The highest BCUT2D eigenvalue weighted by Gasteiger charge is 2.18. The summed E-state index contributed by atoms with van der Waals surface area (Å²) in [6.07, 6.45) is 0.917. The van der Waals surface area contributed by atoms with Crippen LogP contribution in [0.5, 0.6) is 0 Å². The van der Waals surface area contributed by atoms with Crippen molar-refractivity contribution in [3.05, 3.63) is 60.2 Å². The van der Waals surface area contributed by atoms with E-state index in [4.69, 9.17) is 4.74 Å². The zero-order valence-electron chi connectivity index (χ0n) is 13.3. The number of benzene rings is 2. The van der Waals surface area contributed by atoms with E-state index >= 15 is 0 Å². The molecule has 5 nitrogen and oxygen atoms in total. The second-order valence-corrected chi connectivity index (χ2v) is 7.12. The molecular weight excluding hydrogens is 328 g/mol. The van der Waals surface area contributed by atoms with Gasteiger partial charge in [-0.15, -0.1) is 0 Å². The van der Waals surface area contributed by atoms with Crippen molar-refractivity contribution in [1.82, 2.24) is 0 Å². The first kappa shape index (κ1) is 17.9. The number of carbonyl (C=O) groups is 2. The van der Waals surface area contributed by atoms with Crippen LogP contribution in [0.15, 0.2) is 64.4 Å². The Kier molecular flexibility index (Phi) is 5.87. The molecule has 0 bridgehead atoms. The van der Waals surface area contributed by atoms with Crippen LogP contribution in [-0.4, -0.2) is 26.8 Å². The number of Topliss-reactive ketones (excluding diaryl/α,β-unsaturated/α-hetero) is 1. The summed E-state index contributed by atoms with van der Waals surface area (Å²) in [7, 11) is -3.61. The molecule has 0 saturated carbocycles. The van der Waals surface area contributed by atoms with Crippen LogP contribution in [0.4, 0.5) is 0 Å². The fourth-order valence-electron chi connectivity index (χ4n) is 2.06. The normalized spacial score (nSPS) is 11.0. The summed E-state index contributed by atoms with van der Waals surface area (Å²) >= 11 is 0. The van der Waals surface area contributed by atoms with Crippen LogP contribution in [0.25, 0.3) is 0 Å². The largest absolute Gasteiger partial charge is 0.457 e. The van der Waals surface area contributed by atoms with Gasteiger partial charge in [0.25, 0.3) is 0 Å². The highest BCUT2D eigenvalue weighted by molar-refractivity contribution is 7.91. The minimum atomic E-state index is -3.61. The fraction of sp³-hybridized carbons (Fsp3) is 0.222. The molecule has 126 valence electrons. The Morgan fingerprint density at radius 3 is 2.08 bits per heavy atom. The Balaban J connectivity index is 2.11. The van der Waals surface area contributed by atoms with Gasteiger partial charge in [0.05, 0.1) is 9.79 Å². The van der Waals surface area contributed by atoms with E-state index < -0.39 is 15.8 Å². The molecule has 0 amide bonds. The van der Waals surface area contributed by atoms with Gasteiger partial charge in [-0.05, 0) is 42.8 Å². The number of esters is 1. The van der Waals surface area contributed by atoms with E-state index in [1.807, 2.05) is 6.92 Å². The lowest BCUT2D eigenvalue weighted by atomic mass is 10.1. The Bertz CT molecular complexity index is 808. The van der Waals surface area contributed by atoms with Crippen LogP contribution in [0.2, 0.25) is 0 Å². The molecule has 2 aromatic carbocycles. The third-order valence-corrected chi connectivity index (χ3v) is 5.14. The molecule has 0 aromatic heterocycles. The molecule has 0 spiro atoms. The second-order valence-electron chi connectivity index (χ2n) is 5.17. The predicted octanol–water partition coefficient (Wildman–Crippen LogP) is 3.05. The maximum Gasteiger partial charge on any atom is 0.306 e. The summed E-state index contributed by atoms with van der Waals surface area (Å²) < 4.78 is 29.8. The van der Waals surface area contributed by atoms with Gasteiger partial charge in [-0.3, -0.25) is 9.59 Å². The molecule has 0 saturated heterocycles. The quantitative estimate of drug-likeness (QED) is 0.569. The van der Waals surface area contributed by atoms with Gasteiger partial charge in [-0.2, -0.15) is 0 Å². The van der Waals surface area contributed by atoms with Crippen molar-refractivity contribution in [3.8, 4) is 0 Å². The molecule has 2 aromatic rings. The Morgan fingerprint density at radius 2 is 1.50 bits per heavy atom. The van der Waals surface area contributed by atoms with E-state index in [1.54, 1.807) is 18.2 Å². The average Bonchev–Trinajstić information content (AvgIpc) is 2.61. The molecular formula is C18H18O5S. The lowest BCUT2D eigenvalue weighted by Gasteiger charge is -2.06. The zero-order valence-corrected chi connectivity index (χ0v) is 14.1. The Morgan fingerprint density at radius 1 is 0.917 bits per heavy atom. The van der Waals surface area contributed by atoms with Gasteiger partial charge in [0.15, 0.2) is 12.4 Å². The highest BCUT2D eigenvalue weighted by atomic mass is 32.2. The lowest BCUT2D eigenvalue weighted by molar-refractivity contribution is -0.142. The number of sulfone groups is 1. The van der Waals surface area contributed by atoms with Crippen molar-refractivity contribution in [2.75, 3.05) is 6.61 Å². The number of carbonyl (C=O) groups excluding carboxylic acids is 2. The predicted molar refractivity (Wildman–Crippen MR) is 88.5 cm³/mol. The summed E-state index contributed by atoms with van der Waals surface area (Å²) in [6.45, 7) is 1.50. The summed E-state index contributed by atoms with van der Waals surface area (Å²) in [5.41, 5.74) is 0.298.